The van der Waals surface area contributed by atoms with Gasteiger partial charge in [0.15, 0.2) is 5.12 Å². The number of amides is 2. The summed E-state index contributed by atoms with van der Waals surface area (Å²) in [6, 6.07) is 7.10. The molecule has 1 aliphatic heterocycles. The number of unbranched alkanes of at least 4 members (excludes halogenated alkanes) is 11. The van der Waals surface area contributed by atoms with Crippen LogP contribution in [0.1, 0.15) is 105 Å². The van der Waals surface area contributed by atoms with E-state index in [2.05, 4.69) is 0 Å². The molecule has 5 heteroatoms. The van der Waals surface area contributed by atoms with E-state index in [-0.39, 0.29) is 16.9 Å². The van der Waals surface area contributed by atoms with Gasteiger partial charge in [-0.3, -0.25) is 19.3 Å². The molecule has 4 nitrogen and oxygen atoms in total. The summed E-state index contributed by atoms with van der Waals surface area (Å²) < 4.78 is 0. The van der Waals surface area contributed by atoms with Crippen molar-refractivity contribution in [3.05, 3.63) is 35.4 Å². The Morgan fingerprint density at radius 2 is 1.14 bits per heavy atom. The first-order valence-corrected chi connectivity index (χ1v) is 12.2. The lowest BCUT2D eigenvalue weighted by Gasteiger charge is -2.13. The van der Waals surface area contributed by atoms with Crippen LogP contribution >= 0.6 is 11.8 Å². The van der Waals surface area contributed by atoms with E-state index in [1.54, 1.807) is 19.1 Å². The van der Waals surface area contributed by atoms with Gasteiger partial charge in [0.2, 0.25) is 0 Å². The van der Waals surface area contributed by atoms with E-state index in [0.717, 1.165) is 25.0 Å². The highest BCUT2D eigenvalue weighted by molar-refractivity contribution is 8.13. The van der Waals surface area contributed by atoms with Crippen molar-refractivity contribution >= 4 is 28.7 Å². The lowest BCUT2D eigenvalue weighted by atomic mass is 10.1. The summed E-state index contributed by atoms with van der Waals surface area (Å²) in [7, 11) is 0. The van der Waals surface area contributed by atoms with Crippen LogP contribution in [0.4, 0.5) is 0 Å². The normalized spacial score (nSPS) is 13.2. The molecule has 0 saturated carbocycles. The lowest BCUT2D eigenvalue weighted by molar-refractivity contribution is -0.109. The summed E-state index contributed by atoms with van der Waals surface area (Å²) >= 11 is 1.44. The van der Waals surface area contributed by atoms with Crippen molar-refractivity contribution in [2.45, 2.75) is 84.0 Å². The summed E-state index contributed by atoms with van der Waals surface area (Å²) in [4.78, 5) is 36.8. The van der Waals surface area contributed by atoms with Crippen LogP contribution in [0, 0.1) is 0 Å². The fourth-order valence-electron chi connectivity index (χ4n) is 3.80. The summed E-state index contributed by atoms with van der Waals surface area (Å²) in [5.41, 5.74) is 1.10. The highest BCUT2D eigenvalue weighted by Crippen LogP contribution is 2.23. The molecule has 0 fully saturated rings. The van der Waals surface area contributed by atoms with E-state index in [9.17, 15) is 14.4 Å². The highest BCUT2D eigenvalue weighted by Gasteiger charge is 2.34. The molecule has 0 atom stereocenters. The third kappa shape index (κ3) is 8.33. The molecule has 0 saturated heterocycles. The van der Waals surface area contributed by atoms with Crippen molar-refractivity contribution < 1.29 is 14.4 Å². The zero-order chi connectivity index (χ0) is 20.9. The molecule has 0 bridgehead atoms. The van der Waals surface area contributed by atoms with Crippen LogP contribution in [0.25, 0.3) is 0 Å². The van der Waals surface area contributed by atoms with Crippen molar-refractivity contribution in [1.29, 1.82) is 0 Å². The second kappa shape index (κ2) is 13.6. The predicted molar refractivity (Wildman–Crippen MR) is 120 cm³/mol. The monoisotopic (exact) mass is 417 g/mol. The van der Waals surface area contributed by atoms with Gasteiger partial charge in [-0.25, -0.2) is 0 Å². The third-order valence-corrected chi connectivity index (χ3v) is 6.36. The van der Waals surface area contributed by atoms with E-state index in [4.69, 9.17) is 0 Å². The van der Waals surface area contributed by atoms with Crippen molar-refractivity contribution in [2.24, 2.45) is 0 Å². The molecule has 1 aromatic rings. The maximum absolute atomic E-state index is 12.3. The molecule has 0 aliphatic carbocycles. The van der Waals surface area contributed by atoms with Gasteiger partial charge < -0.3 is 0 Å². The first-order chi connectivity index (χ1) is 14.1. The molecular weight excluding hydrogens is 382 g/mol. The van der Waals surface area contributed by atoms with Gasteiger partial charge >= 0.3 is 0 Å². The van der Waals surface area contributed by atoms with Gasteiger partial charge in [-0.05, 0) is 25.0 Å². The van der Waals surface area contributed by atoms with Gasteiger partial charge in [-0.1, -0.05) is 88.1 Å². The number of nitrogens with zero attached hydrogens (tertiary/aromatic N) is 1. The standard InChI is InChI=1S/C24H35NO3S/c1-20(26)29-19-15-11-9-7-5-3-2-4-6-8-10-14-18-25-23(27)21-16-12-13-17-22(21)24(25)28/h12-13,16-17H,2-11,14-15,18-19H2,1H3. The number of thioether (sulfide) groups is 1. The van der Waals surface area contributed by atoms with Gasteiger partial charge in [0.1, 0.15) is 0 Å². The maximum atomic E-state index is 12.3. The summed E-state index contributed by atoms with van der Waals surface area (Å²) in [5, 5.41) is 0.230. The number of rotatable bonds is 15. The van der Waals surface area contributed by atoms with E-state index < -0.39 is 0 Å². The Bertz CT molecular complexity index is 639. The second-order valence-electron chi connectivity index (χ2n) is 7.89. The number of imide groups is 1. The minimum absolute atomic E-state index is 0.136. The molecular formula is C24H35NO3S. The summed E-state index contributed by atoms with van der Waals surface area (Å²) in [6.45, 7) is 2.18. The van der Waals surface area contributed by atoms with Crippen molar-refractivity contribution in [2.75, 3.05) is 12.3 Å². The van der Waals surface area contributed by atoms with Gasteiger partial charge in [-0.15, -0.1) is 0 Å². The van der Waals surface area contributed by atoms with Crippen LogP contribution in [0.15, 0.2) is 24.3 Å². The second-order valence-corrected chi connectivity index (χ2v) is 9.16. The molecule has 1 heterocycles. The minimum Gasteiger partial charge on any atom is -0.288 e. The molecule has 1 aromatic carbocycles. The van der Waals surface area contributed by atoms with Gasteiger partial charge in [-0.2, -0.15) is 0 Å². The van der Waals surface area contributed by atoms with Crippen LogP contribution < -0.4 is 0 Å². The largest absolute Gasteiger partial charge is 0.288 e. The fraction of sp³-hybridized carbons (Fsp3) is 0.625. The molecule has 1 aliphatic rings. The molecule has 0 spiro atoms. The number of hydrogen-bond donors (Lipinski definition) is 0. The zero-order valence-electron chi connectivity index (χ0n) is 17.8. The topological polar surface area (TPSA) is 54.5 Å². The Morgan fingerprint density at radius 1 is 0.724 bits per heavy atom. The van der Waals surface area contributed by atoms with Crippen LogP contribution in [-0.4, -0.2) is 34.1 Å². The summed E-state index contributed by atoms with van der Waals surface area (Å²) in [6.07, 6.45) is 14.6. The van der Waals surface area contributed by atoms with E-state index >= 15 is 0 Å². The Kier molecular flexibility index (Phi) is 11.1. The van der Waals surface area contributed by atoms with Crippen molar-refractivity contribution in [1.82, 2.24) is 4.90 Å². The van der Waals surface area contributed by atoms with Gasteiger partial charge in [0.05, 0.1) is 11.1 Å². The Balaban J connectivity index is 1.39. The Labute approximate surface area is 179 Å². The molecule has 0 radical (unpaired) electrons. The average molecular weight is 418 g/mol. The smallest absolute Gasteiger partial charge is 0.261 e. The van der Waals surface area contributed by atoms with E-state index in [1.807, 2.05) is 12.1 Å². The molecule has 0 N–H and O–H groups in total. The SMILES string of the molecule is CC(=O)SCCCCCCCCCCCCCCN1C(=O)c2ccccc2C1=O. The average Bonchev–Trinajstić information content (AvgIpc) is 2.95. The lowest BCUT2D eigenvalue weighted by Crippen LogP contribution is -2.30. The minimum atomic E-state index is -0.136. The number of hydrogen-bond acceptors (Lipinski definition) is 4. The molecule has 0 unspecified atom stereocenters. The van der Waals surface area contributed by atoms with Crippen molar-refractivity contribution in [3.63, 3.8) is 0 Å². The van der Waals surface area contributed by atoms with Gasteiger partial charge in [0.25, 0.3) is 11.8 Å². The molecule has 29 heavy (non-hydrogen) atoms. The third-order valence-electron chi connectivity index (χ3n) is 5.46. The first-order valence-electron chi connectivity index (χ1n) is 11.2. The molecule has 0 aromatic heterocycles. The maximum Gasteiger partial charge on any atom is 0.261 e. The van der Waals surface area contributed by atoms with Crippen LogP contribution in [0.2, 0.25) is 0 Å². The number of benzene rings is 1. The molecule has 2 rings (SSSR count). The van der Waals surface area contributed by atoms with Crippen LogP contribution in [-0.2, 0) is 4.79 Å². The fourth-order valence-corrected chi connectivity index (χ4v) is 4.43. The zero-order valence-corrected chi connectivity index (χ0v) is 18.6. The first kappa shape index (κ1) is 23.7. The Hall–Kier alpha value is -1.62. The van der Waals surface area contributed by atoms with Crippen molar-refractivity contribution in [3.8, 4) is 0 Å². The molecule has 160 valence electrons. The number of fused-ring (bicyclic) bond motifs is 1. The molecule has 2 amide bonds. The van der Waals surface area contributed by atoms with Crippen LogP contribution in [0.5, 0.6) is 0 Å². The Morgan fingerprint density at radius 3 is 1.59 bits per heavy atom. The quantitative estimate of drug-likeness (QED) is 0.250. The van der Waals surface area contributed by atoms with E-state index in [0.29, 0.717) is 17.7 Å². The van der Waals surface area contributed by atoms with Crippen LogP contribution in [0.3, 0.4) is 0 Å². The number of carbonyl (C=O) groups is 3. The van der Waals surface area contributed by atoms with E-state index in [1.165, 1.54) is 74.4 Å². The summed E-state index contributed by atoms with van der Waals surface area (Å²) in [5.74, 6) is 0.703. The van der Waals surface area contributed by atoms with Gasteiger partial charge in [0, 0.05) is 19.2 Å². The highest BCUT2D eigenvalue weighted by atomic mass is 32.2. The number of carbonyl (C=O) groups excluding carboxylic acids is 3. The predicted octanol–water partition coefficient (Wildman–Crippen LogP) is 6.24.